The molecule has 3 rings (SSSR count). The van der Waals surface area contributed by atoms with E-state index in [2.05, 4.69) is 30.9 Å². The van der Waals surface area contributed by atoms with Gasteiger partial charge in [-0.1, -0.05) is 41.6 Å². The van der Waals surface area contributed by atoms with Crippen molar-refractivity contribution in [3.8, 4) is 0 Å². The molecule has 0 radical (unpaired) electrons. The van der Waals surface area contributed by atoms with Gasteiger partial charge in [-0.2, -0.15) is 0 Å². The number of aromatic nitrogens is 2. The fourth-order valence-corrected chi connectivity index (χ4v) is 2.85. The van der Waals surface area contributed by atoms with E-state index in [1.807, 2.05) is 6.07 Å². The van der Waals surface area contributed by atoms with E-state index in [0.717, 1.165) is 4.79 Å². The van der Waals surface area contributed by atoms with Gasteiger partial charge in [0.2, 0.25) is 11.5 Å². The third-order valence-electron chi connectivity index (χ3n) is 4.42. The molecule has 0 fully saturated rings. The maximum Gasteiger partial charge on any atom is 0.364 e. The minimum absolute atomic E-state index is 0.0249. The van der Waals surface area contributed by atoms with E-state index in [4.69, 9.17) is 15.2 Å². The predicted molar refractivity (Wildman–Crippen MR) is 132 cm³/mol. The number of benzene rings is 2. The molecular formula is C23H24N8O5. The molecule has 13 heteroatoms. The Morgan fingerprint density at radius 1 is 1.03 bits per heavy atom. The summed E-state index contributed by atoms with van der Waals surface area (Å²) >= 11 is 0. The smallest absolute Gasteiger partial charge is 0.364 e. The van der Waals surface area contributed by atoms with Gasteiger partial charge in [0, 0.05) is 5.69 Å². The third kappa shape index (κ3) is 6.28. The molecule has 186 valence electrons. The summed E-state index contributed by atoms with van der Waals surface area (Å²) in [6.45, 7) is 3.38. The highest BCUT2D eigenvalue weighted by Crippen LogP contribution is 2.26. The van der Waals surface area contributed by atoms with Gasteiger partial charge in [0.25, 0.3) is 0 Å². The van der Waals surface area contributed by atoms with Crippen LogP contribution in [-0.2, 0) is 14.3 Å². The number of anilines is 3. The standard InChI is InChI=1S/C23H24N8O5/c1-3-35-22(32)17-19(24)31(28-20(17)25-15-11-7-5-8-12-15)30-27-21(18(29-34)23(33)36-4-2)26-16-13-9-6-10-14-16/h5-14,34H,3-4,24H2,1-2H3,(H,25,28)/b26-21?,29-18-,30-27?. The van der Waals surface area contributed by atoms with Gasteiger partial charge in [-0.25, -0.2) is 14.6 Å². The number of nitrogen functional groups attached to an aromatic ring is 1. The van der Waals surface area contributed by atoms with Crippen LogP contribution in [0.25, 0.3) is 0 Å². The van der Waals surface area contributed by atoms with E-state index in [1.54, 1.807) is 68.4 Å². The molecule has 36 heavy (non-hydrogen) atoms. The SMILES string of the molecule is CCOC(=O)/C(=N\O)C(N=Nn1nc(Nc2ccccc2)c(C(=O)OCC)c1N)=Nc1ccccc1. The zero-order valence-electron chi connectivity index (χ0n) is 19.5. The molecule has 0 amide bonds. The lowest BCUT2D eigenvalue weighted by Crippen LogP contribution is -2.25. The molecule has 0 bridgehead atoms. The molecule has 0 saturated carbocycles. The largest absolute Gasteiger partial charge is 0.462 e. The van der Waals surface area contributed by atoms with Gasteiger partial charge in [-0.3, -0.25) is 0 Å². The second-order valence-electron chi connectivity index (χ2n) is 6.84. The molecule has 13 nitrogen and oxygen atoms in total. The average Bonchev–Trinajstić information content (AvgIpc) is 3.19. The van der Waals surface area contributed by atoms with Crippen LogP contribution in [0.15, 0.2) is 81.1 Å². The number of ether oxygens (including phenoxy) is 2. The number of aliphatic imine (C=N–C) groups is 1. The fourth-order valence-electron chi connectivity index (χ4n) is 2.85. The highest BCUT2D eigenvalue weighted by atomic mass is 16.5. The average molecular weight is 492 g/mol. The second-order valence-corrected chi connectivity index (χ2v) is 6.84. The molecular weight excluding hydrogens is 468 g/mol. The number of esters is 2. The van der Waals surface area contributed by atoms with Crippen LogP contribution in [0.4, 0.5) is 23.0 Å². The number of nitrogens with zero attached hydrogens (tertiary/aromatic N) is 6. The van der Waals surface area contributed by atoms with Gasteiger partial charge in [0.1, 0.15) is 5.56 Å². The summed E-state index contributed by atoms with van der Waals surface area (Å²) < 4.78 is 10.0. The predicted octanol–water partition coefficient (Wildman–Crippen LogP) is 3.72. The maximum absolute atomic E-state index is 12.6. The maximum atomic E-state index is 12.6. The Labute approximate surface area is 205 Å². The van der Waals surface area contributed by atoms with Gasteiger partial charge in [-0.05, 0) is 43.3 Å². The normalized spacial score (nSPS) is 11.9. The second kappa shape index (κ2) is 12.4. The summed E-state index contributed by atoms with van der Waals surface area (Å²) in [5.41, 5.74) is 6.50. The number of hydrogen-bond acceptors (Lipinski definition) is 11. The Balaban J connectivity index is 2.06. The Morgan fingerprint density at radius 2 is 1.67 bits per heavy atom. The van der Waals surface area contributed by atoms with Crippen LogP contribution >= 0.6 is 0 Å². The summed E-state index contributed by atoms with van der Waals surface area (Å²) in [5, 5.41) is 27.4. The Kier molecular flexibility index (Phi) is 8.81. The molecule has 3 aromatic rings. The van der Waals surface area contributed by atoms with Gasteiger partial charge in [0.15, 0.2) is 11.6 Å². The van der Waals surface area contributed by atoms with Crippen molar-refractivity contribution >= 4 is 46.5 Å². The number of nitrogens with one attached hydrogen (secondary N) is 1. The molecule has 0 saturated heterocycles. The van der Waals surface area contributed by atoms with Crippen molar-refractivity contribution in [3.05, 3.63) is 66.2 Å². The number of para-hydroxylation sites is 2. The van der Waals surface area contributed by atoms with Crippen molar-refractivity contribution in [1.29, 1.82) is 0 Å². The van der Waals surface area contributed by atoms with Gasteiger partial charge < -0.3 is 25.7 Å². The first-order chi connectivity index (χ1) is 17.5. The summed E-state index contributed by atoms with van der Waals surface area (Å²) in [4.78, 5) is 29.9. The summed E-state index contributed by atoms with van der Waals surface area (Å²) in [5.74, 6) is -2.20. The number of rotatable bonds is 9. The van der Waals surface area contributed by atoms with Crippen LogP contribution in [0.2, 0.25) is 0 Å². The van der Waals surface area contributed by atoms with E-state index in [1.165, 1.54) is 0 Å². The van der Waals surface area contributed by atoms with Crippen molar-refractivity contribution < 1.29 is 24.3 Å². The topological polar surface area (TPSA) is 178 Å². The monoisotopic (exact) mass is 492 g/mol. The molecule has 0 aliphatic carbocycles. The first kappa shape index (κ1) is 25.6. The van der Waals surface area contributed by atoms with Crippen molar-refractivity contribution in [2.24, 2.45) is 20.5 Å². The van der Waals surface area contributed by atoms with Gasteiger partial charge in [-0.15, -0.1) is 15.0 Å². The first-order valence-corrected chi connectivity index (χ1v) is 10.8. The zero-order valence-corrected chi connectivity index (χ0v) is 19.5. The Hall–Kier alpha value is -5.07. The molecule has 1 heterocycles. The molecule has 0 unspecified atom stereocenters. The summed E-state index contributed by atoms with van der Waals surface area (Å²) in [7, 11) is 0. The fraction of sp³-hybridized carbons (Fsp3) is 0.174. The number of amidine groups is 1. The molecule has 0 aliphatic rings. The lowest BCUT2D eigenvalue weighted by Gasteiger charge is -2.05. The number of carbonyl (C=O) groups is 2. The van der Waals surface area contributed by atoms with Crippen molar-refractivity contribution in [1.82, 2.24) is 9.89 Å². The highest BCUT2D eigenvalue weighted by molar-refractivity contribution is 6.65. The van der Waals surface area contributed by atoms with E-state index in [-0.39, 0.29) is 36.2 Å². The quantitative estimate of drug-likeness (QED) is 0.101. The molecule has 4 N–H and O–H groups in total. The van der Waals surface area contributed by atoms with Crippen LogP contribution in [0.5, 0.6) is 0 Å². The van der Waals surface area contributed by atoms with Crippen LogP contribution < -0.4 is 11.1 Å². The Bertz CT molecular complexity index is 1290. The number of hydrogen-bond donors (Lipinski definition) is 3. The van der Waals surface area contributed by atoms with E-state index in [9.17, 15) is 14.8 Å². The molecule has 0 atom stereocenters. The van der Waals surface area contributed by atoms with Gasteiger partial charge >= 0.3 is 11.9 Å². The van der Waals surface area contributed by atoms with Crippen molar-refractivity contribution in [2.75, 3.05) is 24.3 Å². The van der Waals surface area contributed by atoms with Crippen LogP contribution in [0.3, 0.4) is 0 Å². The molecule has 0 aliphatic heterocycles. The zero-order chi connectivity index (χ0) is 25.9. The molecule has 1 aromatic heterocycles. The van der Waals surface area contributed by atoms with Crippen molar-refractivity contribution in [2.45, 2.75) is 13.8 Å². The van der Waals surface area contributed by atoms with Gasteiger partial charge in [0.05, 0.1) is 18.9 Å². The van der Waals surface area contributed by atoms with E-state index < -0.39 is 17.7 Å². The number of nitrogens with two attached hydrogens (primary N) is 1. The van der Waals surface area contributed by atoms with Crippen molar-refractivity contribution in [3.63, 3.8) is 0 Å². The van der Waals surface area contributed by atoms with Crippen LogP contribution in [0, 0.1) is 0 Å². The summed E-state index contributed by atoms with van der Waals surface area (Å²) in [6.07, 6.45) is 0. The minimum atomic E-state index is -0.972. The lowest BCUT2D eigenvalue weighted by molar-refractivity contribution is -0.134. The Morgan fingerprint density at radius 3 is 2.28 bits per heavy atom. The highest BCUT2D eigenvalue weighted by Gasteiger charge is 2.25. The first-order valence-electron chi connectivity index (χ1n) is 10.8. The molecule has 2 aromatic carbocycles. The third-order valence-corrected chi connectivity index (χ3v) is 4.42. The van der Waals surface area contributed by atoms with Crippen LogP contribution in [0.1, 0.15) is 24.2 Å². The molecule has 0 spiro atoms. The number of carbonyl (C=O) groups excluding carboxylic acids is 2. The lowest BCUT2D eigenvalue weighted by atomic mass is 10.2. The van der Waals surface area contributed by atoms with E-state index >= 15 is 0 Å². The minimum Gasteiger partial charge on any atom is -0.462 e. The summed E-state index contributed by atoms with van der Waals surface area (Å²) in [6, 6.07) is 17.4. The number of oxime groups is 1. The van der Waals surface area contributed by atoms with Crippen LogP contribution in [-0.4, -0.2) is 51.8 Å². The van der Waals surface area contributed by atoms with E-state index in [0.29, 0.717) is 11.4 Å².